The Labute approximate surface area is 105 Å². The average molecular weight is 250 g/mol. The van der Waals surface area contributed by atoms with Gasteiger partial charge >= 0.3 is 0 Å². The van der Waals surface area contributed by atoms with Crippen molar-refractivity contribution in [2.45, 2.75) is 16.7 Å². The molecule has 0 bridgehead atoms. The number of nitrogens with two attached hydrogens (primary N) is 1. The predicted octanol–water partition coefficient (Wildman–Crippen LogP) is 4.38. The molecular weight excluding hydrogens is 238 g/mol. The Balaban J connectivity index is 2.33. The molecule has 0 fully saturated rings. The molecule has 3 heteroatoms. The number of hydrogen-bond acceptors (Lipinski definition) is 2. The van der Waals surface area contributed by atoms with E-state index in [0.29, 0.717) is 10.7 Å². The predicted molar refractivity (Wildman–Crippen MR) is 71.2 cm³/mol. The molecule has 0 aromatic heterocycles. The van der Waals surface area contributed by atoms with Crippen molar-refractivity contribution in [2.75, 3.05) is 5.73 Å². The molecule has 0 radical (unpaired) electrons. The minimum Gasteiger partial charge on any atom is -0.397 e. The van der Waals surface area contributed by atoms with Crippen LogP contribution in [0, 0.1) is 6.92 Å². The average Bonchev–Trinajstić information content (AvgIpc) is 2.31. The van der Waals surface area contributed by atoms with Crippen LogP contribution >= 0.6 is 23.4 Å². The number of anilines is 1. The van der Waals surface area contributed by atoms with Gasteiger partial charge in [0.25, 0.3) is 0 Å². The summed E-state index contributed by atoms with van der Waals surface area (Å²) < 4.78 is 0. The van der Waals surface area contributed by atoms with Gasteiger partial charge in [0.1, 0.15) is 0 Å². The fraction of sp³-hybridized carbons (Fsp3) is 0.0769. The third-order valence-electron chi connectivity index (χ3n) is 2.33. The Kier molecular flexibility index (Phi) is 3.42. The third-order valence-corrected chi connectivity index (χ3v) is 3.92. The molecular formula is C13H12ClNS. The van der Waals surface area contributed by atoms with Gasteiger partial charge in [-0.05, 0) is 30.7 Å². The standard InChI is InChI=1S/C13H12ClNS/c1-9-7-8-11(12(14)13(9)15)16-10-5-3-2-4-6-10/h2-8H,15H2,1H3. The lowest BCUT2D eigenvalue weighted by Crippen LogP contribution is -1.91. The first-order valence-corrected chi connectivity index (χ1v) is 6.15. The number of rotatable bonds is 2. The summed E-state index contributed by atoms with van der Waals surface area (Å²) in [6, 6.07) is 14.1. The van der Waals surface area contributed by atoms with Crippen molar-refractivity contribution >= 4 is 29.1 Å². The summed E-state index contributed by atoms with van der Waals surface area (Å²) in [5.74, 6) is 0. The van der Waals surface area contributed by atoms with E-state index in [1.54, 1.807) is 11.8 Å². The molecule has 2 aromatic rings. The highest BCUT2D eigenvalue weighted by atomic mass is 35.5. The second-order valence-electron chi connectivity index (χ2n) is 3.52. The van der Waals surface area contributed by atoms with Gasteiger partial charge < -0.3 is 5.73 Å². The Morgan fingerprint density at radius 3 is 2.44 bits per heavy atom. The molecule has 0 aliphatic heterocycles. The fourth-order valence-corrected chi connectivity index (χ4v) is 2.57. The molecule has 16 heavy (non-hydrogen) atoms. The van der Waals surface area contributed by atoms with Crippen LogP contribution in [0.3, 0.4) is 0 Å². The van der Waals surface area contributed by atoms with Gasteiger partial charge in [-0.3, -0.25) is 0 Å². The van der Waals surface area contributed by atoms with Crippen molar-refractivity contribution in [1.82, 2.24) is 0 Å². The molecule has 0 aliphatic rings. The second kappa shape index (κ2) is 4.81. The lowest BCUT2D eigenvalue weighted by molar-refractivity contribution is 1.36. The molecule has 82 valence electrons. The lowest BCUT2D eigenvalue weighted by atomic mass is 10.2. The van der Waals surface area contributed by atoms with Crippen LogP contribution in [0.2, 0.25) is 5.02 Å². The van der Waals surface area contributed by atoms with Gasteiger partial charge in [-0.25, -0.2) is 0 Å². The van der Waals surface area contributed by atoms with Crippen molar-refractivity contribution in [3.63, 3.8) is 0 Å². The molecule has 2 aromatic carbocycles. The van der Waals surface area contributed by atoms with Crippen LogP contribution in [0.5, 0.6) is 0 Å². The van der Waals surface area contributed by atoms with E-state index in [4.69, 9.17) is 17.3 Å². The molecule has 0 atom stereocenters. The van der Waals surface area contributed by atoms with E-state index >= 15 is 0 Å². The summed E-state index contributed by atoms with van der Waals surface area (Å²) >= 11 is 7.83. The maximum atomic E-state index is 6.20. The highest BCUT2D eigenvalue weighted by Crippen LogP contribution is 2.37. The zero-order valence-electron chi connectivity index (χ0n) is 8.91. The first-order chi connectivity index (χ1) is 7.68. The van der Waals surface area contributed by atoms with Gasteiger partial charge in [0.2, 0.25) is 0 Å². The maximum Gasteiger partial charge on any atom is 0.0777 e. The third kappa shape index (κ3) is 2.34. The van der Waals surface area contributed by atoms with Crippen molar-refractivity contribution in [3.05, 3.63) is 53.1 Å². The second-order valence-corrected chi connectivity index (χ2v) is 5.02. The highest BCUT2D eigenvalue weighted by Gasteiger charge is 2.07. The number of halogens is 1. The number of nitrogen functional groups attached to an aromatic ring is 1. The van der Waals surface area contributed by atoms with Crippen LogP contribution in [-0.4, -0.2) is 0 Å². The van der Waals surface area contributed by atoms with Crippen molar-refractivity contribution in [2.24, 2.45) is 0 Å². The lowest BCUT2D eigenvalue weighted by Gasteiger charge is -2.08. The van der Waals surface area contributed by atoms with Crippen molar-refractivity contribution in [1.29, 1.82) is 0 Å². The van der Waals surface area contributed by atoms with Crippen molar-refractivity contribution < 1.29 is 0 Å². The SMILES string of the molecule is Cc1ccc(Sc2ccccc2)c(Cl)c1N. The summed E-state index contributed by atoms with van der Waals surface area (Å²) in [6.07, 6.45) is 0. The van der Waals surface area contributed by atoms with Crippen LogP contribution in [-0.2, 0) is 0 Å². The maximum absolute atomic E-state index is 6.20. The molecule has 0 saturated heterocycles. The van der Waals surface area contributed by atoms with Crippen LogP contribution < -0.4 is 5.73 Å². The number of benzene rings is 2. The molecule has 2 N–H and O–H groups in total. The fourth-order valence-electron chi connectivity index (χ4n) is 1.36. The van der Waals surface area contributed by atoms with Gasteiger partial charge in [0.15, 0.2) is 0 Å². The largest absolute Gasteiger partial charge is 0.397 e. The number of aryl methyl sites for hydroxylation is 1. The van der Waals surface area contributed by atoms with E-state index in [-0.39, 0.29) is 0 Å². The van der Waals surface area contributed by atoms with Crippen LogP contribution in [0.25, 0.3) is 0 Å². The summed E-state index contributed by atoms with van der Waals surface area (Å²) in [4.78, 5) is 2.16. The minimum atomic E-state index is 0.647. The summed E-state index contributed by atoms with van der Waals surface area (Å²) in [5.41, 5.74) is 7.58. The first kappa shape index (κ1) is 11.4. The molecule has 0 aliphatic carbocycles. The number of hydrogen-bond donors (Lipinski definition) is 1. The molecule has 0 saturated carbocycles. The van der Waals surface area contributed by atoms with Crippen LogP contribution in [0.15, 0.2) is 52.3 Å². The molecule has 1 nitrogen and oxygen atoms in total. The van der Waals surface area contributed by atoms with Crippen LogP contribution in [0.1, 0.15) is 5.56 Å². The van der Waals surface area contributed by atoms with Gasteiger partial charge in [-0.2, -0.15) is 0 Å². The van der Waals surface area contributed by atoms with Gasteiger partial charge in [-0.15, -0.1) is 0 Å². The zero-order chi connectivity index (χ0) is 11.5. The monoisotopic (exact) mass is 249 g/mol. The summed E-state index contributed by atoms with van der Waals surface area (Å²) in [7, 11) is 0. The van der Waals surface area contributed by atoms with Crippen molar-refractivity contribution in [3.8, 4) is 0 Å². The smallest absolute Gasteiger partial charge is 0.0777 e. The molecule has 0 unspecified atom stereocenters. The normalized spacial score (nSPS) is 10.4. The summed E-state index contributed by atoms with van der Waals surface area (Å²) in [6.45, 7) is 1.96. The molecule has 0 amide bonds. The van der Waals surface area contributed by atoms with E-state index in [1.165, 1.54) is 0 Å². The molecule has 2 rings (SSSR count). The zero-order valence-corrected chi connectivity index (χ0v) is 10.5. The Morgan fingerprint density at radius 1 is 1.06 bits per heavy atom. The topological polar surface area (TPSA) is 26.0 Å². The van der Waals surface area contributed by atoms with E-state index < -0.39 is 0 Å². The van der Waals surface area contributed by atoms with E-state index in [2.05, 4.69) is 12.1 Å². The van der Waals surface area contributed by atoms with Gasteiger partial charge in [0, 0.05) is 9.79 Å². The quantitative estimate of drug-likeness (QED) is 0.800. The molecule has 0 spiro atoms. The molecule has 0 heterocycles. The minimum absolute atomic E-state index is 0.647. The van der Waals surface area contributed by atoms with E-state index in [0.717, 1.165) is 15.4 Å². The van der Waals surface area contributed by atoms with Gasteiger partial charge in [-0.1, -0.05) is 47.6 Å². The van der Waals surface area contributed by atoms with E-state index in [1.807, 2.05) is 37.3 Å². The van der Waals surface area contributed by atoms with Crippen LogP contribution in [0.4, 0.5) is 5.69 Å². The Morgan fingerprint density at radius 2 is 1.75 bits per heavy atom. The summed E-state index contributed by atoms with van der Waals surface area (Å²) in [5, 5.41) is 0.647. The highest BCUT2D eigenvalue weighted by molar-refractivity contribution is 7.99. The Hall–Kier alpha value is -1.12. The van der Waals surface area contributed by atoms with E-state index in [9.17, 15) is 0 Å². The first-order valence-electron chi connectivity index (χ1n) is 4.96. The van der Waals surface area contributed by atoms with Gasteiger partial charge in [0.05, 0.1) is 10.7 Å². The Bertz CT molecular complexity index is 497.